The highest BCUT2D eigenvalue weighted by atomic mass is 79.9. The van der Waals surface area contributed by atoms with Crippen molar-refractivity contribution < 1.29 is 14.3 Å². The molecule has 1 atom stereocenters. The summed E-state index contributed by atoms with van der Waals surface area (Å²) in [6.45, 7) is 3.21. The summed E-state index contributed by atoms with van der Waals surface area (Å²) in [5.74, 6) is 0.419. The van der Waals surface area contributed by atoms with Crippen molar-refractivity contribution >= 4 is 37.8 Å². The molecule has 0 bridgehead atoms. The van der Waals surface area contributed by atoms with Gasteiger partial charge in [-0.15, -0.1) is 0 Å². The molecule has 1 amide bonds. The molecular weight excluding hydrogens is 404 g/mol. The van der Waals surface area contributed by atoms with E-state index in [0.717, 1.165) is 20.9 Å². The van der Waals surface area contributed by atoms with E-state index in [4.69, 9.17) is 15.2 Å². The molecule has 1 aromatic rings. The molecule has 0 radical (unpaired) electrons. The third-order valence-corrected chi connectivity index (χ3v) is 3.94. The molecular formula is C14H20Br2N2O3. The fourth-order valence-corrected chi connectivity index (χ4v) is 3.15. The molecule has 5 nitrogen and oxygen atoms in total. The summed E-state index contributed by atoms with van der Waals surface area (Å²) in [6, 6.07) is 3.89. The third-order valence-electron chi connectivity index (χ3n) is 2.76. The van der Waals surface area contributed by atoms with Crippen molar-refractivity contribution in [2.75, 3.05) is 26.8 Å². The van der Waals surface area contributed by atoms with E-state index in [1.54, 1.807) is 14.0 Å². The molecule has 0 aromatic heterocycles. The van der Waals surface area contributed by atoms with Crippen LogP contribution in [0, 0.1) is 0 Å². The van der Waals surface area contributed by atoms with Gasteiger partial charge in [-0.05, 0) is 69.4 Å². The number of nitrogens with one attached hydrogen (secondary N) is 1. The van der Waals surface area contributed by atoms with E-state index >= 15 is 0 Å². The van der Waals surface area contributed by atoms with Gasteiger partial charge in [0, 0.05) is 13.7 Å². The van der Waals surface area contributed by atoms with Crippen LogP contribution < -0.4 is 15.8 Å². The average molecular weight is 424 g/mol. The van der Waals surface area contributed by atoms with E-state index < -0.39 is 6.10 Å². The van der Waals surface area contributed by atoms with Gasteiger partial charge in [-0.25, -0.2) is 0 Å². The van der Waals surface area contributed by atoms with Gasteiger partial charge < -0.3 is 20.5 Å². The van der Waals surface area contributed by atoms with Crippen LogP contribution in [0.4, 0.5) is 0 Å². The highest BCUT2D eigenvalue weighted by molar-refractivity contribution is 9.11. The van der Waals surface area contributed by atoms with Gasteiger partial charge in [-0.3, -0.25) is 4.79 Å². The van der Waals surface area contributed by atoms with Crippen LogP contribution in [0.15, 0.2) is 21.1 Å². The van der Waals surface area contributed by atoms with Crippen molar-refractivity contribution in [3.05, 3.63) is 26.6 Å². The molecule has 0 spiro atoms. The first kappa shape index (κ1) is 18.4. The average Bonchev–Trinajstić information content (AvgIpc) is 2.43. The molecule has 1 aromatic carbocycles. The lowest BCUT2D eigenvalue weighted by Gasteiger charge is -2.17. The fraction of sp³-hybridized carbons (Fsp3) is 0.500. The Morgan fingerprint density at radius 1 is 1.38 bits per heavy atom. The van der Waals surface area contributed by atoms with Crippen LogP contribution in [0.2, 0.25) is 0 Å². The van der Waals surface area contributed by atoms with Crippen LogP contribution in [0.5, 0.6) is 5.75 Å². The molecule has 3 N–H and O–H groups in total. The van der Waals surface area contributed by atoms with Gasteiger partial charge in [0.15, 0.2) is 6.10 Å². The highest BCUT2D eigenvalue weighted by Crippen LogP contribution is 2.35. The number of hydrogen-bond donors (Lipinski definition) is 2. The van der Waals surface area contributed by atoms with E-state index in [0.29, 0.717) is 25.4 Å². The number of rotatable bonds is 8. The van der Waals surface area contributed by atoms with Crippen LogP contribution in [0.1, 0.15) is 12.5 Å². The van der Waals surface area contributed by atoms with E-state index in [-0.39, 0.29) is 5.91 Å². The van der Waals surface area contributed by atoms with Crippen molar-refractivity contribution in [3.8, 4) is 5.75 Å². The third kappa shape index (κ3) is 5.94. The van der Waals surface area contributed by atoms with Crippen LogP contribution in [-0.4, -0.2) is 38.8 Å². The molecule has 1 rings (SSSR count). The summed E-state index contributed by atoms with van der Waals surface area (Å²) in [7, 11) is 1.59. The second-order valence-electron chi connectivity index (χ2n) is 4.47. The van der Waals surface area contributed by atoms with Gasteiger partial charge in [0.25, 0.3) is 5.91 Å². The summed E-state index contributed by atoms with van der Waals surface area (Å²) < 4.78 is 12.2. The van der Waals surface area contributed by atoms with Crippen LogP contribution in [-0.2, 0) is 16.0 Å². The Morgan fingerprint density at radius 2 is 2.00 bits per heavy atom. The maximum absolute atomic E-state index is 11.9. The van der Waals surface area contributed by atoms with Crippen LogP contribution >= 0.6 is 31.9 Å². The lowest BCUT2D eigenvalue weighted by Crippen LogP contribution is -2.38. The minimum absolute atomic E-state index is 0.183. The van der Waals surface area contributed by atoms with Gasteiger partial charge >= 0.3 is 0 Å². The Bertz CT molecular complexity index is 460. The van der Waals surface area contributed by atoms with E-state index in [9.17, 15) is 4.79 Å². The molecule has 0 aliphatic heterocycles. The molecule has 0 aliphatic carbocycles. The lowest BCUT2D eigenvalue weighted by atomic mass is 10.1. The van der Waals surface area contributed by atoms with Crippen molar-refractivity contribution in [3.63, 3.8) is 0 Å². The molecule has 21 heavy (non-hydrogen) atoms. The zero-order valence-corrected chi connectivity index (χ0v) is 15.3. The summed E-state index contributed by atoms with van der Waals surface area (Å²) >= 11 is 6.92. The summed E-state index contributed by atoms with van der Waals surface area (Å²) in [5.41, 5.74) is 6.65. The SMILES string of the molecule is COCCNC(=O)C(C)Oc1c(Br)cc(CCN)cc1Br. The first-order chi connectivity index (χ1) is 9.99. The molecule has 0 aliphatic rings. The topological polar surface area (TPSA) is 73.6 Å². The van der Waals surface area contributed by atoms with Crippen LogP contribution in [0.25, 0.3) is 0 Å². The van der Waals surface area contributed by atoms with E-state index in [1.165, 1.54) is 0 Å². The molecule has 0 saturated carbocycles. The number of carbonyl (C=O) groups is 1. The van der Waals surface area contributed by atoms with E-state index in [1.807, 2.05) is 12.1 Å². The molecule has 0 heterocycles. The van der Waals surface area contributed by atoms with Gasteiger partial charge in [-0.1, -0.05) is 0 Å². The number of amides is 1. The normalized spacial score (nSPS) is 12.0. The maximum atomic E-state index is 11.9. The van der Waals surface area contributed by atoms with Gasteiger partial charge in [0.2, 0.25) is 0 Å². The largest absolute Gasteiger partial charge is 0.479 e. The molecule has 0 fully saturated rings. The Kier molecular flexibility index (Phi) is 8.24. The quantitative estimate of drug-likeness (QED) is 0.629. The summed E-state index contributed by atoms with van der Waals surface area (Å²) in [6.07, 6.45) is 0.180. The Hall–Kier alpha value is -0.630. The Balaban J connectivity index is 2.71. The second-order valence-corrected chi connectivity index (χ2v) is 6.18. The standard InChI is InChI=1S/C14H20Br2N2O3/c1-9(14(19)18-5-6-20-2)21-13-11(15)7-10(3-4-17)8-12(13)16/h7-9H,3-6,17H2,1-2H3,(H,18,19). The first-order valence-electron chi connectivity index (χ1n) is 6.60. The maximum Gasteiger partial charge on any atom is 0.260 e. The minimum atomic E-state index is -0.602. The lowest BCUT2D eigenvalue weighted by molar-refractivity contribution is -0.127. The van der Waals surface area contributed by atoms with E-state index in [2.05, 4.69) is 37.2 Å². The number of hydrogen-bond acceptors (Lipinski definition) is 4. The Morgan fingerprint density at radius 3 is 2.52 bits per heavy atom. The zero-order chi connectivity index (χ0) is 15.8. The number of halogens is 2. The van der Waals surface area contributed by atoms with Crippen molar-refractivity contribution in [1.29, 1.82) is 0 Å². The molecule has 1 unspecified atom stereocenters. The first-order valence-corrected chi connectivity index (χ1v) is 8.19. The van der Waals surface area contributed by atoms with Gasteiger partial charge in [0.1, 0.15) is 5.75 Å². The molecule has 118 valence electrons. The van der Waals surface area contributed by atoms with Crippen LogP contribution in [0.3, 0.4) is 0 Å². The number of carbonyl (C=O) groups excluding carboxylic acids is 1. The van der Waals surface area contributed by atoms with Gasteiger partial charge in [-0.2, -0.15) is 0 Å². The minimum Gasteiger partial charge on any atom is -0.479 e. The Labute approximate surface area is 141 Å². The van der Waals surface area contributed by atoms with Gasteiger partial charge in [0.05, 0.1) is 15.6 Å². The predicted octanol–water partition coefficient (Wildman–Crippen LogP) is 2.24. The number of benzene rings is 1. The van der Waals surface area contributed by atoms with Crippen molar-refractivity contribution in [2.45, 2.75) is 19.4 Å². The zero-order valence-electron chi connectivity index (χ0n) is 12.1. The predicted molar refractivity (Wildman–Crippen MR) is 89.6 cm³/mol. The summed E-state index contributed by atoms with van der Waals surface area (Å²) in [4.78, 5) is 11.9. The second kappa shape index (κ2) is 9.40. The molecule has 0 saturated heterocycles. The molecule has 7 heteroatoms. The van der Waals surface area contributed by atoms with Crippen molar-refractivity contribution in [2.24, 2.45) is 5.73 Å². The summed E-state index contributed by atoms with van der Waals surface area (Å²) in [5, 5.41) is 2.74. The van der Waals surface area contributed by atoms with Crippen molar-refractivity contribution in [1.82, 2.24) is 5.32 Å². The smallest absolute Gasteiger partial charge is 0.260 e. The number of ether oxygens (including phenoxy) is 2. The highest BCUT2D eigenvalue weighted by Gasteiger charge is 2.18. The monoisotopic (exact) mass is 422 g/mol. The fourth-order valence-electron chi connectivity index (χ4n) is 1.69. The number of methoxy groups -OCH3 is 1. The number of nitrogens with two attached hydrogens (primary N) is 1.